The first-order valence-electron chi connectivity index (χ1n) is 9.58. The normalized spacial score (nSPS) is 22.0. The van der Waals surface area contributed by atoms with Gasteiger partial charge in [0, 0.05) is 32.2 Å². The van der Waals surface area contributed by atoms with Gasteiger partial charge in [-0.3, -0.25) is 9.69 Å². The van der Waals surface area contributed by atoms with E-state index in [2.05, 4.69) is 10.2 Å². The highest BCUT2D eigenvalue weighted by atomic mass is 32.2. The van der Waals surface area contributed by atoms with Gasteiger partial charge < -0.3 is 5.32 Å². The standard InChI is InChI=1S/C19H29N3O3S/c1-16(19(23)20-17-8-4-2-5-9-17)21-12-14-22(15-13-21)26(24,25)18-10-6-3-7-11-18/h3,6-7,10-11,16-17H,2,4-5,8-9,12-15H2,1H3,(H,20,23)/t16-/m1/s1. The molecule has 0 radical (unpaired) electrons. The molecule has 0 aromatic heterocycles. The molecule has 0 spiro atoms. The molecule has 1 heterocycles. The lowest BCUT2D eigenvalue weighted by Gasteiger charge is -2.37. The highest BCUT2D eigenvalue weighted by Gasteiger charge is 2.32. The minimum atomic E-state index is -3.45. The van der Waals surface area contributed by atoms with Crippen LogP contribution in [0.4, 0.5) is 0 Å². The average molecular weight is 380 g/mol. The lowest BCUT2D eigenvalue weighted by molar-refractivity contribution is -0.127. The van der Waals surface area contributed by atoms with E-state index in [1.54, 1.807) is 24.3 Å². The molecular weight excluding hydrogens is 350 g/mol. The molecule has 1 saturated heterocycles. The van der Waals surface area contributed by atoms with Gasteiger partial charge in [0.2, 0.25) is 15.9 Å². The van der Waals surface area contributed by atoms with Crippen molar-refractivity contribution < 1.29 is 13.2 Å². The molecule has 2 fully saturated rings. The molecule has 1 N–H and O–H groups in total. The predicted molar refractivity (Wildman–Crippen MR) is 101 cm³/mol. The molecule has 1 amide bonds. The highest BCUT2D eigenvalue weighted by molar-refractivity contribution is 7.89. The smallest absolute Gasteiger partial charge is 0.243 e. The van der Waals surface area contributed by atoms with Crippen LogP contribution in [0.15, 0.2) is 35.2 Å². The molecule has 1 atom stereocenters. The number of carbonyl (C=O) groups excluding carboxylic acids is 1. The fourth-order valence-corrected chi connectivity index (χ4v) is 5.25. The van der Waals surface area contributed by atoms with Crippen LogP contribution in [0.3, 0.4) is 0 Å². The van der Waals surface area contributed by atoms with Gasteiger partial charge >= 0.3 is 0 Å². The van der Waals surface area contributed by atoms with Crippen molar-refractivity contribution in [2.24, 2.45) is 0 Å². The van der Waals surface area contributed by atoms with E-state index in [4.69, 9.17) is 0 Å². The first-order chi connectivity index (χ1) is 12.5. The summed E-state index contributed by atoms with van der Waals surface area (Å²) in [5.74, 6) is 0.0660. The molecule has 26 heavy (non-hydrogen) atoms. The fraction of sp³-hybridized carbons (Fsp3) is 0.632. The van der Waals surface area contributed by atoms with Gasteiger partial charge in [-0.25, -0.2) is 8.42 Å². The second kappa shape index (κ2) is 8.50. The molecule has 6 nitrogen and oxygen atoms in total. The number of rotatable bonds is 5. The predicted octanol–water partition coefficient (Wildman–Crippen LogP) is 1.83. The molecule has 144 valence electrons. The Morgan fingerprint density at radius 3 is 2.27 bits per heavy atom. The number of carbonyl (C=O) groups is 1. The summed E-state index contributed by atoms with van der Waals surface area (Å²) in [4.78, 5) is 14.9. The first kappa shape index (κ1) is 19.3. The number of piperazine rings is 1. The Morgan fingerprint density at radius 2 is 1.65 bits per heavy atom. The lowest BCUT2D eigenvalue weighted by atomic mass is 9.95. The van der Waals surface area contributed by atoms with Crippen LogP contribution in [0.5, 0.6) is 0 Å². The van der Waals surface area contributed by atoms with Crippen molar-refractivity contribution in [1.29, 1.82) is 0 Å². The zero-order valence-electron chi connectivity index (χ0n) is 15.4. The topological polar surface area (TPSA) is 69.7 Å². The maximum Gasteiger partial charge on any atom is 0.243 e. The highest BCUT2D eigenvalue weighted by Crippen LogP contribution is 2.19. The van der Waals surface area contributed by atoms with E-state index < -0.39 is 10.0 Å². The average Bonchev–Trinajstić information content (AvgIpc) is 2.69. The Kier molecular flexibility index (Phi) is 6.32. The summed E-state index contributed by atoms with van der Waals surface area (Å²) in [6.07, 6.45) is 5.79. The van der Waals surface area contributed by atoms with Gasteiger partial charge in [-0.2, -0.15) is 4.31 Å². The Balaban J connectivity index is 1.53. The SMILES string of the molecule is C[C@H](C(=O)NC1CCCCC1)N1CCN(S(=O)(=O)c2ccccc2)CC1. The number of hydrogen-bond donors (Lipinski definition) is 1. The summed E-state index contributed by atoms with van der Waals surface area (Å²) in [6, 6.07) is 8.62. The maximum absolute atomic E-state index is 12.7. The second-order valence-corrected chi connectivity index (χ2v) is 9.21. The summed E-state index contributed by atoms with van der Waals surface area (Å²) in [5.41, 5.74) is 0. The van der Waals surface area contributed by atoms with Crippen LogP contribution < -0.4 is 5.32 Å². The minimum Gasteiger partial charge on any atom is -0.352 e. The Labute approximate surface area is 156 Å². The molecule has 1 aliphatic carbocycles. The third-order valence-electron chi connectivity index (χ3n) is 5.53. The molecule has 3 rings (SSSR count). The molecule has 1 aliphatic heterocycles. The first-order valence-corrected chi connectivity index (χ1v) is 11.0. The summed E-state index contributed by atoms with van der Waals surface area (Å²) in [5, 5.41) is 3.17. The van der Waals surface area contributed by atoms with Crippen LogP contribution in [0.2, 0.25) is 0 Å². The van der Waals surface area contributed by atoms with Crippen molar-refractivity contribution in [1.82, 2.24) is 14.5 Å². The van der Waals surface area contributed by atoms with Crippen molar-refractivity contribution in [3.63, 3.8) is 0 Å². The van der Waals surface area contributed by atoms with E-state index in [1.165, 1.54) is 23.6 Å². The largest absolute Gasteiger partial charge is 0.352 e. The van der Waals surface area contributed by atoms with Crippen LogP contribution in [-0.4, -0.2) is 61.8 Å². The molecule has 7 heteroatoms. The van der Waals surface area contributed by atoms with Crippen molar-refractivity contribution in [2.75, 3.05) is 26.2 Å². The summed E-state index contributed by atoms with van der Waals surface area (Å²) in [6.45, 7) is 3.90. The molecule has 0 unspecified atom stereocenters. The van der Waals surface area contributed by atoms with Crippen LogP contribution in [0.1, 0.15) is 39.0 Å². The number of hydrogen-bond acceptors (Lipinski definition) is 4. The summed E-state index contributed by atoms with van der Waals surface area (Å²) in [7, 11) is -3.45. The van der Waals surface area contributed by atoms with E-state index in [1.807, 2.05) is 13.0 Å². The molecular formula is C19H29N3O3S. The molecule has 1 aromatic carbocycles. The van der Waals surface area contributed by atoms with Gasteiger partial charge in [-0.05, 0) is 31.9 Å². The van der Waals surface area contributed by atoms with Crippen molar-refractivity contribution >= 4 is 15.9 Å². The Hall–Kier alpha value is -1.44. The molecule has 0 bridgehead atoms. The Bertz CT molecular complexity index is 694. The zero-order chi connectivity index (χ0) is 18.6. The monoisotopic (exact) mass is 379 g/mol. The van der Waals surface area contributed by atoms with E-state index in [0.717, 1.165) is 12.8 Å². The summed E-state index contributed by atoms with van der Waals surface area (Å²) < 4.78 is 26.9. The maximum atomic E-state index is 12.7. The quantitative estimate of drug-likeness (QED) is 0.847. The van der Waals surface area contributed by atoms with E-state index in [0.29, 0.717) is 37.1 Å². The van der Waals surface area contributed by atoms with E-state index in [9.17, 15) is 13.2 Å². The number of nitrogens with one attached hydrogen (secondary N) is 1. The number of nitrogens with zero attached hydrogens (tertiary/aromatic N) is 2. The molecule has 2 aliphatic rings. The van der Waals surface area contributed by atoms with E-state index in [-0.39, 0.29) is 11.9 Å². The van der Waals surface area contributed by atoms with Crippen molar-refractivity contribution in [2.45, 2.75) is 56.0 Å². The van der Waals surface area contributed by atoms with Gasteiger partial charge in [0.15, 0.2) is 0 Å². The van der Waals surface area contributed by atoms with Gasteiger partial charge in [0.1, 0.15) is 0 Å². The zero-order valence-corrected chi connectivity index (χ0v) is 16.2. The third kappa shape index (κ3) is 4.45. The number of amides is 1. The molecule has 1 saturated carbocycles. The Morgan fingerprint density at radius 1 is 1.04 bits per heavy atom. The lowest BCUT2D eigenvalue weighted by Crippen LogP contribution is -2.55. The number of sulfonamides is 1. The minimum absolute atomic E-state index is 0.0660. The van der Waals surface area contributed by atoms with Crippen molar-refractivity contribution in [3.05, 3.63) is 30.3 Å². The van der Waals surface area contributed by atoms with Crippen LogP contribution in [0, 0.1) is 0 Å². The van der Waals surface area contributed by atoms with Crippen LogP contribution in [-0.2, 0) is 14.8 Å². The van der Waals surface area contributed by atoms with E-state index >= 15 is 0 Å². The summed E-state index contributed by atoms with van der Waals surface area (Å²) >= 11 is 0. The third-order valence-corrected chi connectivity index (χ3v) is 7.45. The number of benzene rings is 1. The van der Waals surface area contributed by atoms with Crippen LogP contribution >= 0.6 is 0 Å². The van der Waals surface area contributed by atoms with Gasteiger partial charge in [0.05, 0.1) is 10.9 Å². The van der Waals surface area contributed by atoms with Gasteiger partial charge in [-0.15, -0.1) is 0 Å². The van der Waals surface area contributed by atoms with Gasteiger partial charge in [0.25, 0.3) is 0 Å². The fourth-order valence-electron chi connectivity index (χ4n) is 3.81. The van der Waals surface area contributed by atoms with Crippen molar-refractivity contribution in [3.8, 4) is 0 Å². The molecule has 1 aromatic rings. The van der Waals surface area contributed by atoms with Crippen LogP contribution in [0.25, 0.3) is 0 Å². The second-order valence-electron chi connectivity index (χ2n) is 7.27. The van der Waals surface area contributed by atoms with Gasteiger partial charge in [-0.1, -0.05) is 37.5 Å².